The molecule has 8 nitrogen and oxygen atoms in total. The highest BCUT2D eigenvalue weighted by molar-refractivity contribution is 7.17. The van der Waals surface area contributed by atoms with Crippen molar-refractivity contribution in [1.29, 1.82) is 0 Å². The van der Waals surface area contributed by atoms with E-state index in [0.29, 0.717) is 29.2 Å². The van der Waals surface area contributed by atoms with E-state index >= 15 is 0 Å². The molecular formula is C27H25FN2O6S. The molecule has 1 fully saturated rings. The smallest absolute Gasteiger partial charge is 0.350 e. The second-order valence-corrected chi connectivity index (χ2v) is 9.24. The molecule has 0 aliphatic carbocycles. The van der Waals surface area contributed by atoms with Gasteiger partial charge in [0.15, 0.2) is 5.13 Å². The summed E-state index contributed by atoms with van der Waals surface area (Å²) in [5.74, 6) is -2.72. The van der Waals surface area contributed by atoms with Gasteiger partial charge in [0.05, 0.1) is 30.5 Å². The standard InChI is InChI=1S/C27H25FN2O6S/c1-5-35-19-12-9-17(13-14(19)3)22(31)20-21(16-7-10-18(28)11-8-16)30(25(33)23(20)32)27-29-15(4)24(37-27)26(34)36-6-2/h7-13,21,31H,5-6H2,1-4H3. The minimum atomic E-state index is -1.10. The Morgan fingerprint density at radius 1 is 1.11 bits per heavy atom. The zero-order chi connectivity index (χ0) is 26.9. The van der Waals surface area contributed by atoms with E-state index < -0.39 is 29.5 Å². The number of amides is 1. The lowest BCUT2D eigenvalue weighted by Gasteiger charge is -2.23. The number of hydrogen-bond acceptors (Lipinski definition) is 8. The topological polar surface area (TPSA) is 106 Å². The van der Waals surface area contributed by atoms with Crippen molar-refractivity contribution in [1.82, 2.24) is 4.98 Å². The molecule has 0 bridgehead atoms. The molecule has 4 rings (SSSR count). The summed E-state index contributed by atoms with van der Waals surface area (Å²) in [7, 11) is 0. The molecule has 1 N–H and O–H groups in total. The van der Waals surface area contributed by atoms with Gasteiger partial charge in [0.1, 0.15) is 22.2 Å². The van der Waals surface area contributed by atoms with Crippen molar-refractivity contribution >= 4 is 39.9 Å². The van der Waals surface area contributed by atoms with Crippen molar-refractivity contribution in [2.45, 2.75) is 33.7 Å². The molecule has 37 heavy (non-hydrogen) atoms. The predicted octanol–water partition coefficient (Wildman–Crippen LogP) is 5.10. The van der Waals surface area contributed by atoms with Crippen LogP contribution in [-0.2, 0) is 14.3 Å². The summed E-state index contributed by atoms with van der Waals surface area (Å²) in [6, 6.07) is 9.09. The summed E-state index contributed by atoms with van der Waals surface area (Å²) >= 11 is 0.904. The van der Waals surface area contributed by atoms with Gasteiger partial charge in [-0.25, -0.2) is 14.2 Å². The summed E-state index contributed by atoms with van der Waals surface area (Å²) < 4.78 is 24.4. The Bertz CT molecular complexity index is 1410. The first kappa shape index (κ1) is 26.0. The number of aromatic nitrogens is 1. The zero-order valence-corrected chi connectivity index (χ0v) is 21.5. The van der Waals surface area contributed by atoms with Crippen molar-refractivity contribution in [3.05, 3.63) is 81.1 Å². The number of halogens is 1. The zero-order valence-electron chi connectivity index (χ0n) is 20.7. The van der Waals surface area contributed by atoms with Crippen LogP contribution in [0.1, 0.15) is 51.9 Å². The van der Waals surface area contributed by atoms with E-state index in [2.05, 4.69) is 4.98 Å². The molecule has 1 aliphatic heterocycles. The number of ether oxygens (including phenoxy) is 2. The van der Waals surface area contributed by atoms with Gasteiger partial charge < -0.3 is 14.6 Å². The minimum absolute atomic E-state index is 0.0823. The van der Waals surface area contributed by atoms with Crippen LogP contribution in [0.3, 0.4) is 0 Å². The van der Waals surface area contributed by atoms with Gasteiger partial charge in [0, 0.05) is 5.56 Å². The fourth-order valence-corrected chi connectivity index (χ4v) is 5.12. The SMILES string of the molecule is CCOC(=O)c1sc(N2C(=O)C(=O)C(=C(O)c3ccc(OCC)c(C)c3)C2c2ccc(F)cc2)nc1C. The van der Waals surface area contributed by atoms with E-state index in [0.717, 1.165) is 21.8 Å². The normalized spacial score (nSPS) is 16.8. The molecule has 3 aromatic rings. The highest BCUT2D eigenvalue weighted by atomic mass is 32.1. The maximum atomic E-state index is 13.7. The van der Waals surface area contributed by atoms with Crippen LogP contribution in [0.2, 0.25) is 0 Å². The molecule has 1 aromatic heterocycles. The second-order valence-electron chi connectivity index (χ2n) is 8.27. The lowest BCUT2D eigenvalue weighted by Crippen LogP contribution is -2.29. The molecule has 1 amide bonds. The molecule has 1 aliphatic rings. The number of aliphatic hydroxyl groups is 1. The Labute approximate surface area is 217 Å². The summed E-state index contributed by atoms with van der Waals surface area (Å²) in [5, 5.41) is 11.4. The third-order valence-corrected chi connectivity index (χ3v) is 6.97. The molecule has 10 heteroatoms. The van der Waals surface area contributed by atoms with Crippen LogP contribution in [0.4, 0.5) is 9.52 Å². The van der Waals surface area contributed by atoms with Crippen molar-refractivity contribution in [2.24, 2.45) is 0 Å². The summed E-state index contributed by atoms with van der Waals surface area (Å²) in [5.41, 5.74) is 1.59. The Kier molecular flexibility index (Phi) is 7.40. The number of esters is 1. The van der Waals surface area contributed by atoms with Crippen LogP contribution < -0.4 is 9.64 Å². The van der Waals surface area contributed by atoms with Gasteiger partial charge in [-0.1, -0.05) is 23.5 Å². The minimum Gasteiger partial charge on any atom is -0.507 e. The van der Waals surface area contributed by atoms with Gasteiger partial charge in [-0.3, -0.25) is 14.5 Å². The van der Waals surface area contributed by atoms with E-state index in [4.69, 9.17) is 9.47 Å². The Morgan fingerprint density at radius 2 is 1.81 bits per heavy atom. The summed E-state index contributed by atoms with van der Waals surface area (Å²) in [6.07, 6.45) is 0. The lowest BCUT2D eigenvalue weighted by atomic mass is 9.95. The first-order valence-electron chi connectivity index (χ1n) is 11.6. The van der Waals surface area contributed by atoms with Crippen LogP contribution >= 0.6 is 11.3 Å². The van der Waals surface area contributed by atoms with Crippen molar-refractivity contribution in [3.8, 4) is 5.75 Å². The number of hydrogen-bond donors (Lipinski definition) is 1. The molecule has 2 aromatic carbocycles. The molecular weight excluding hydrogens is 499 g/mol. The van der Waals surface area contributed by atoms with Gasteiger partial charge in [0.2, 0.25) is 0 Å². The van der Waals surface area contributed by atoms with E-state index in [1.165, 1.54) is 24.3 Å². The van der Waals surface area contributed by atoms with E-state index in [1.807, 2.05) is 6.92 Å². The molecule has 1 unspecified atom stereocenters. The van der Waals surface area contributed by atoms with Gasteiger partial charge in [-0.05, 0) is 69.2 Å². The number of nitrogens with zero attached hydrogens (tertiary/aromatic N) is 2. The lowest BCUT2D eigenvalue weighted by molar-refractivity contribution is -0.132. The first-order chi connectivity index (χ1) is 17.7. The summed E-state index contributed by atoms with van der Waals surface area (Å²) in [4.78, 5) is 44.7. The van der Waals surface area contributed by atoms with E-state index in [1.54, 1.807) is 39.0 Å². The number of Topliss-reactive ketones (excluding diaryl/α,β-unsaturated/α-hetero) is 1. The highest BCUT2D eigenvalue weighted by Gasteiger charge is 2.48. The van der Waals surface area contributed by atoms with Gasteiger partial charge in [0.25, 0.3) is 5.78 Å². The number of aryl methyl sites for hydroxylation is 2. The second kappa shape index (κ2) is 10.5. The Morgan fingerprint density at radius 3 is 2.43 bits per heavy atom. The van der Waals surface area contributed by atoms with Crippen LogP contribution in [0.5, 0.6) is 5.75 Å². The van der Waals surface area contributed by atoms with Crippen molar-refractivity contribution in [2.75, 3.05) is 18.1 Å². The Hall–Kier alpha value is -4.05. The van der Waals surface area contributed by atoms with Crippen LogP contribution in [-0.4, -0.2) is 41.0 Å². The van der Waals surface area contributed by atoms with Crippen molar-refractivity contribution < 1.29 is 33.4 Å². The van der Waals surface area contributed by atoms with Gasteiger partial charge >= 0.3 is 11.9 Å². The predicted molar refractivity (Wildman–Crippen MR) is 136 cm³/mol. The largest absolute Gasteiger partial charge is 0.507 e. The molecule has 1 saturated heterocycles. The molecule has 0 saturated carbocycles. The number of thiazole rings is 1. The summed E-state index contributed by atoms with van der Waals surface area (Å²) in [6.45, 7) is 7.54. The fourth-order valence-electron chi connectivity index (χ4n) is 4.13. The third-order valence-electron chi connectivity index (χ3n) is 5.83. The average Bonchev–Trinajstić information content (AvgIpc) is 3.37. The van der Waals surface area contributed by atoms with Crippen LogP contribution in [0.25, 0.3) is 5.76 Å². The quantitative estimate of drug-likeness (QED) is 0.198. The number of carbonyl (C=O) groups excluding carboxylic acids is 3. The molecule has 2 heterocycles. The van der Waals surface area contributed by atoms with E-state index in [-0.39, 0.29) is 27.9 Å². The van der Waals surface area contributed by atoms with Crippen molar-refractivity contribution in [3.63, 3.8) is 0 Å². The van der Waals surface area contributed by atoms with Gasteiger partial charge in [-0.15, -0.1) is 0 Å². The fraction of sp³-hybridized carbons (Fsp3) is 0.259. The van der Waals surface area contributed by atoms with E-state index in [9.17, 15) is 23.9 Å². The Balaban J connectivity index is 1.89. The monoisotopic (exact) mass is 524 g/mol. The average molecular weight is 525 g/mol. The molecule has 0 spiro atoms. The van der Waals surface area contributed by atoms with Crippen LogP contribution in [0.15, 0.2) is 48.0 Å². The number of benzene rings is 2. The maximum Gasteiger partial charge on any atom is 0.350 e. The molecule has 192 valence electrons. The van der Waals surface area contributed by atoms with Gasteiger partial charge in [-0.2, -0.15) is 0 Å². The molecule has 1 atom stereocenters. The van der Waals surface area contributed by atoms with Crippen LogP contribution in [0, 0.1) is 19.7 Å². The number of ketones is 1. The number of aliphatic hydroxyl groups excluding tert-OH is 1. The highest BCUT2D eigenvalue weighted by Crippen LogP contribution is 2.44. The third kappa shape index (κ3) is 4.84. The first-order valence-corrected chi connectivity index (χ1v) is 12.4. The number of rotatable bonds is 7. The number of anilines is 1. The maximum absolute atomic E-state index is 13.7. The molecule has 0 radical (unpaired) electrons. The number of carbonyl (C=O) groups is 3.